The minimum atomic E-state index is -0.0718. The van der Waals surface area contributed by atoms with Gasteiger partial charge >= 0.3 is 0 Å². The topological polar surface area (TPSA) is 57.4 Å². The molecule has 1 aliphatic rings. The average Bonchev–Trinajstić information content (AvgIpc) is 3.27. The lowest BCUT2D eigenvalue weighted by Crippen LogP contribution is -2.42. The Morgan fingerprint density at radius 2 is 2.00 bits per heavy atom. The van der Waals surface area contributed by atoms with Crippen molar-refractivity contribution in [3.05, 3.63) is 81.1 Å². The highest BCUT2D eigenvalue weighted by Crippen LogP contribution is 2.19. The van der Waals surface area contributed by atoms with Crippen molar-refractivity contribution in [2.75, 3.05) is 13.2 Å². The van der Waals surface area contributed by atoms with Crippen LogP contribution in [0.4, 0.5) is 0 Å². The molecule has 0 unspecified atom stereocenters. The zero-order valence-electron chi connectivity index (χ0n) is 18.1. The Hall–Kier alpha value is -2.70. The van der Waals surface area contributed by atoms with Crippen molar-refractivity contribution in [2.45, 2.75) is 45.9 Å². The molecule has 2 N–H and O–H groups in total. The Balaban J connectivity index is 1.59. The first-order valence-corrected chi connectivity index (χ1v) is 11.2. The number of H-pyrrole nitrogens is 1. The van der Waals surface area contributed by atoms with E-state index in [9.17, 15) is 4.79 Å². The fraction of sp³-hybridized carbons (Fsp3) is 0.360. The van der Waals surface area contributed by atoms with E-state index in [1.165, 1.54) is 0 Å². The van der Waals surface area contributed by atoms with Crippen LogP contribution >= 0.6 is 12.2 Å². The second-order valence-electron chi connectivity index (χ2n) is 8.33. The summed E-state index contributed by atoms with van der Waals surface area (Å²) in [5, 5.41) is 5.07. The van der Waals surface area contributed by atoms with Crippen molar-refractivity contribution in [2.24, 2.45) is 0 Å². The van der Waals surface area contributed by atoms with Gasteiger partial charge in [0.25, 0.3) is 5.56 Å². The van der Waals surface area contributed by atoms with Gasteiger partial charge in [0.15, 0.2) is 5.11 Å². The van der Waals surface area contributed by atoms with Gasteiger partial charge in [-0.15, -0.1) is 0 Å². The van der Waals surface area contributed by atoms with Crippen LogP contribution in [0.3, 0.4) is 0 Å². The van der Waals surface area contributed by atoms with Gasteiger partial charge in [0, 0.05) is 36.2 Å². The number of hydrogen-bond acceptors (Lipinski definition) is 3. The van der Waals surface area contributed by atoms with E-state index in [1.807, 2.05) is 37.3 Å². The first-order chi connectivity index (χ1) is 15.0. The number of fused-ring (bicyclic) bond motifs is 1. The molecule has 0 amide bonds. The summed E-state index contributed by atoms with van der Waals surface area (Å²) in [6.45, 7) is 6.69. The molecule has 162 valence electrons. The summed E-state index contributed by atoms with van der Waals surface area (Å²) in [7, 11) is 0. The van der Waals surface area contributed by atoms with E-state index in [2.05, 4.69) is 40.3 Å². The number of ether oxygens (including phenoxy) is 1. The predicted molar refractivity (Wildman–Crippen MR) is 129 cm³/mol. The van der Waals surface area contributed by atoms with Gasteiger partial charge < -0.3 is 19.9 Å². The van der Waals surface area contributed by atoms with Crippen LogP contribution in [0.1, 0.15) is 35.1 Å². The Morgan fingerprint density at radius 1 is 1.19 bits per heavy atom. The number of hydrogen-bond donors (Lipinski definition) is 2. The third-order valence-electron chi connectivity index (χ3n) is 5.76. The van der Waals surface area contributed by atoms with Crippen molar-refractivity contribution in [3.8, 4) is 0 Å². The van der Waals surface area contributed by atoms with E-state index >= 15 is 0 Å². The largest absolute Gasteiger partial charge is 0.376 e. The zero-order valence-corrected chi connectivity index (χ0v) is 18.9. The molecular formula is C25H29N3O2S. The summed E-state index contributed by atoms with van der Waals surface area (Å²) in [4.78, 5) is 18.0. The van der Waals surface area contributed by atoms with Gasteiger partial charge in [-0.3, -0.25) is 4.79 Å². The molecule has 3 aromatic rings. The monoisotopic (exact) mass is 435 g/mol. The fourth-order valence-electron chi connectivity index (χ4n) is 4.16. The standard InChI is InChI=1S/C25H29N3O2S/c1-17-11-18(2)22-13-20(24(29)27-23(22)12-17)16-28(15-19-7-4-3-5-8-19)25(31)26-14-21-9-6-10-30-21/h3-5,7-8,11-13,21H,6,9-10,14-16H2,1-2H3,(H,26,31)(H,27,29)/t21-/m1/s1. The maximum Gasteiger partial charge on any atom is 0.253 e. The number of benzene rings is 2. The van der Waals surface area contributed by atoms with Crippen molar-refractivity contribution in [3.63, 3.8) is 0 Å². The molecule has 4 rings (SSSR count). The van der Waals surface area contributed by atoms with Crippen molar-refractivity contribution in [1.82, 2.24) is 15.2 Å². The molecule has 0 bridgehead atoms. The van der Waals surface area contributed by atoms with Gasteiger partial charge in [-0.2, -0.15) is 0 Å². The molecule has 0 aliphatic carbocycles. The molecule has 2 heterocycles. The molecule has 0 spiro atoms. The van der Waals surface area contributed by atoms with Crippen LogP contribution < -0.4 is 10.9 Å². The number of nitrogens with zero attached hydrogens (tertiary/aromatic N) is 1. The second-order valence-corrected chi connectivity index (χ2v) is 8.72. The molecule has 6 heteroatoms. The van der Waals surface area contributed by atoms with Crippen LogP contribution in [-0.2, 0) is 17.8 Å². The molecule has 1 fully saturated rings. The number of pyridine rings is 1. The summed E-state index contributed by atoms with van der Waals surface area (Å²) in [6, 6.07) is 16.4. The second kappa shape index (κ2) is 9.62. The minimum absolute atomic E-state index is 0.0718. The molecule has 1 aromatic heterocycles. The van der Waals surface area contributed by atoms with E-state index in [1.54, 1.807) is 0 Å². The summed E-state index contributed by atoms with van der Waals surface area (Å²) >= 11 is 5.74. The number of rotatable bonds is 6. The van der Waals surface area contributed by atoms with Gasteiger partial charge in [-0.1, -0.05) is 36.4 Å². The van der Waals surface area contributed by atoms with E-state index in [-0.39, 0.29) is 11.7 Å². The number of aryl methyl sites for hydroxylation is 2. The predicted octanol–water partition coefficient (Wildman–Crippen LogP) is 4.20. The summed E-state index contributed by atoms with van der Waals surface area (Å²) in [6.07, 6.45) is 2.35. The van der Waals surface area contributed by atoms with Crippen LogP contribution in [0.15, 0.2) is 53.3 Å². The molecule has 31 heavy (non-hydrogen) atoms. The maximum atomic E-state index is 12.9. The zero-order chi connectivity index (χ0) is 21.8. The molecule has 1 atom stereocenters. The van der Waals surface area contributed by atoms with Crippen molar-refractivity contribution < 1.29 is 4.74 Å². The van der Waals surface area contributed by atoms with Gasteiger partial charge in [0.05, 0.1) is 12.6 Å². The van der Waals surface area contributed by atoms with Crippen LogP contribution in [0.5, 0.6) is 0 Å². The highest BCUT2D eigenvalue weighted by molar-refractivity contribution is 7.80. The summed E-state index contributed by atoms with van der Waals surface area (Å²) in [5.41, 5.74) is 4.95. The highest BCUT2D eigenvalue weighted by Gasteiger charge is 2.18. The normalized spacial score (nSPS) is 15.9. The number of nitrogens with one attached hydrogen (secondary N) is 2. The first-order valence-electron chi connectivity index (χ1n) is 10.8. The number of aromatic nitrogens is 1. The van der Waals surface area contributed by atoms with Gasteiger partial charge in [0.2, 0.25) is 0 Å². The van der Waals surface area contributed by atoms with Gasteiger partial charge in [-0.25, -0.2) is 0 Å². The Kier molecular flexibility index (Phi) is 6.68. The Bertz CT molecular complexity index is 1120. The third-order valence-corrected chi connectivity index (χ3v) is 6.16. The first kappa shape index (κ1) is 21.5. The summed E-state index contributed by atoms with van der Waals surface area (Å²) < 4.78 is 5.71. The Labute approximate surface area is 188 Å². The van der Waals surface area contributed by atoms with Crippen LogP contribution in [0.2, 0.25) is 0 Å². The van der Waals surface area contributed by atoms with E-state index in [0.29, 0.717) is 30.3 Å². The van der Waals surface area contributed by atoms with Crippen molar-refractivity contribution in [1.29, 1.82) is 0 Å². The van der Waals surface area contributed by atoms with Gasteiger partial charge in [-0.05, 0) is 67.7 Å². The van der Waals surface area contributed by atoms with Crippen LogP contribution in [-0.4, -0.2) is 34.3 Å². The lowest BCUT2D eigenvalue weighted by Gasteiger charge is -2.27. The lowest BCUT2D eigenvalue weighted by molar-refractivity contribution is 0.113. The molecular weight excluding hydrogens is 406 g/mol. The van der Waals surface area contributed by atoms with Crippen LogP contribution in [0, 0.1) is 13.8 Å². The van der Waals surface area contributed by atoms with E-state index in [4.69, 9.17) is 17.0 Å². The van der Waals surface area contributed by atoms with Crippen molar-refractivity contribution >= 4 is 28.2 Å². The van der Waals surface area contributed by atoms with E-state index in [0.717, 1.165) is 47.0 Å². The van der Waals surface area contributed by atoms with Crippen LogP contribution in [0.25, 0.3) is 10.9 Å². The maximum absolute atomic E-state index is 12.9. The minimum Gasteiger partial charge on any atom is -0.376 e. The molecule has 1 saturated heterocycles. The number of thiocarbonyl (C=S) groups is 1. The van der Waals surface area contributed by atoms with Gasteiger partial charge in [0.1, 0.15) is 0 Å². The lowest BCUT2D eigenvalue weighted by atomic mass is 10.0. The van der Waals surface area contributed by atoms with E-state index < -0.39 is 0 Å². The molecule has 2 aromatic carbocycles. The summed E-state index contributed by atoms with van der Waals surface area (Å²) in [5.74, 6) is 0. The average molecular weight is 436 g/mol. The smallest absolute Gasteiger partial charge is 0.253 e. The highest BCUT2D eigenvalue weighted by atomic mass is 32.1. The fourth-order valence-corrected chi connectivity index (χ4v) is 4.37. The quantitative estimate of drug-likeness (QED) is 0.569. The third kappa shape index (κ3) is 5.32. The molecule has 0 saturated carbocycles. The SMILES string of the molecule is Cc1cc(C)c2cc(CN(Cc3ccccc3)C(=S)NC[C@H]3CCCO3)c(=O)[nH]c2c1. The number of aromatic amines is 1. The molecule has 0 radical (unpaired) electrons. The molecule has 1 aliphatic heterocycles. The molecule has 5 nitrogen and oxygen atoms in total. The Morgan fingerprint density at radius 3 is 2.74 bits per heavy atom.